The number of aliphatic hydroxyl groups is 1. The van der Waals surface area contributed by atoms with E-state index in [0.29, 0.717) is 12.8 Å². The van der Waals surface area contributed by atoms with Gasteiger partial charge < -0.3 is 15.1 Å². The molecule has 0 saturated heterocycles. The van der Waals surface area contributed by atoms with Crippen LogP contribution in [0, 0.1) is 5.92 Å². The second-order valence-electron chi connectivity index (χ2n) is 5.55. The monoisotopic (exact) mass is 304 g/mol. The Morgan fingerprint density at radius 2 is 1.85 bits per heavy atom. The van der Waals surface area contributed by atoms with Crippen molar-refractivity contribution >= 4 is 13.3 Å². The fourth-order valence-electron chi connectivity index (χ4n) is 2.59. The minimum Gasteiger partial charge on any atom is -0.478 e. The van der Waals surface area contributed by atoms with Crippen molar-refractivity contribution in [2.75, 3.05) is 18.9 Å². The summed E-state index contributed by atoms with van der Waals surface area (Å²) in [6, 6.07) is 0. The van der Waals surface area contributed by atoms with E-state index < -0.39 is 13.3 Å². The van der Waals surface area contributed by atoms with E-state index in [-0.39, 0.29) is 30.4 Å². The Balaban J connectivity index is 2.63. The Bertz CT molecular complexity index is 385. The lowest BCUT2D eigenvalue weighted by atomic mass is 9.88. The van der Waals surface area contributed by atoms with E-state index in [0.717, 1.165) is 25.7 Å². The number of allylic oxidation sites excluding steroid dienone is 1. The van der Waals surface area contributed by atoms with Crippen molar-refractivity contribution in [3.05, 3.63) is 11.6 Å². The molecule has 1 saturated carbocycles. The minimum absolute atomic E-state index is 0.0102. The lowest BCUT2D eigenvalue weighted by Crippen LogP contribution is -2.12. The number of carbonyl (C=O) groups is 1. The van der Waals surface area contributed by atoms with Gasteiger partial charge in [0.15, 0.2) is 0 Å². The normalized spacial score (nSPS) is 20.6. The molecular formula is C14H25O5P. The number of aliphatic hydroxyl groups excluding tert-OH is 1. The van der Waals surface area contributed by atoms with E-state index in [1.807, 2.05) is 0 Å². The molecule has 1 rings (SSSR count). The van der Waals surface area contributed by atoms with Gasteiger partial charge in [-0.3, -0.25) is 4.57 Å². The van der Waals surface area contributed by atoms with Gasteiger partial charge in [0.05, 0.1) is 6.16 Å². The van der Waals surface area contributed by atoms with Crippen molar-refractivity contribution in [3.63, 3.8) is 0 Å². The first-order chi connectivity index (χ1) is 9.44. The van der Waals surface area contributed by atoms with Crippen LogP contribution in [-0.2, 0) is 9.36 Å². The van der Waals surface area contributed by atoms with Crippen molar-refractivity contribution in [2.45, 2.75) is 44.9 Å². The maximum Gasteiger partial charge on any atom is 0.331 e. The van der Waals surface area contributed by atoms with Crippen LogP contribution in [0.15, 0.2) is 11.6 Å². The van der Waals surface area contributed by atoms with Crippen molar-refractivity contribution < 1.29 is 24.5 Å². The van der Waals surface area contributed by atoms with Gasteiger partial charge in [-0.15, -0.1) is 0 Å². The van der Waals surface area contributed by atoms with E-state index in [9.17, 15) is 19.4 Å². The molecule has 1 unspecified atom stereocenters. The van der Waals surface area contributed by atoms with E-state index in [1.165, 1.54) is 6.42 Å². The Morgan fingerprint density at radius 1 is 1.20 bits per heavy atom. The number of aliphatic carboxylic acids is 1. The third-order valence-electron chi connectivity index (χ3n) is 3.69. The van der Waals surface area contributed by atoms with Gasteiger partial charge in [0.1, 0.15) is 0 Å². The number of hydrogen-bond donors (Lipinski definition) is 3. The SMILES string of the molecule is O=C(O)/C(=C/C1CCCCC1)CP(=O)(O)CCCCO. The Morgan fingerprint density at radius 3 is 2.40 bits per heavy atom. The fraction of sp³-hybridized carbons (Fsp3) is 0.786. The molecule has 0 spiro atoms. The smallest absolute Gasteiger partial charge is 0.331 e. The lowest BCUT2D eigenvalue weighted by molar-refractivity contribution is -0.132. The summed E-state index contributed by atoms with van der Waals surface area (Å²) in [4.78, 5) is 21.1. The molecule has 0 amide bonds. The quantitative estimate of drug-likeness (QED) is 0.364. The van der Waals surface area contributed by atoms with Gasteiger partial charge in [0, 0.05) is 18.3 Å². The van der Waals surface area contributed by atoms with Gasteiger partial charge in [-0.25, -0.2) is 4.79 Å². The highest BCUT2D eigenvalue weighted by Gasteiger charge is 2.24. The van der Waals surface area contributed by atoms with Crippen LogP contribution >= 0.6 is 7.37 Å². The second-order valence-corrected chi connectivity index (χ2v) is 8.01. The molecule has 0 aromatic rings. The van der Waals surface area contributed by atoms with E-state index in [2.05, 4.69) is 0 Å². The van der Waals surface area contributed by atoms with Crippen molar-refractivity contribution in [3.8, 4) is 0 Å². The largest absolute Gasteiger partial charge is 0.478 e. The zero-order valence-electron chi connectivity index (χ0n) is 11.8. The predicted octanol–water partition coefficient (Wildman–Crippen LogP) is 2.62. The molecule has 0 radical (unpaired) electrons. The van der Waals surface area contributed by atoms with Crippen LogP contribution in [0.5, 0.6) is 0 Å². The van der Waals surface area contributed by atoms with E-state index in [4.69, 9.17) is 5.11 Å². The average Bonchev–Trinajstić information content (AvgIpc) is 2.39. The van der Waals surface area contributed by atoms with Gasteiger partial charge in [-0.05, 0) is 31.6 Å². The van der Waals surface area contributed by atoms with Crippen LogP contribution in [-0.4, -0.2) is 40.0 Å². The fourth-order valence-corrected chi connectivity index (χ4v) is 4.24. The molecule has 0 aromatic carbocycles. The molecule has 3 N–H and O–H groups in total. The van der Waals surface area contributed by atoms with Crippen LogP contribution in [0.2, 0.25) is 0 Å². The highest BCUT2D eigenvalue weighted by molar-refractivity contribution is 7.58. The number of hydrogen-bond acceptors (Lipinski definition) is 3. The summed E-state index contributed by atoms with van der Waals surface area (Å²) in [6.45, 7) is -0.0102. The van der Waals surface area contributed by atoms with Gasteiger partial charge in [-0.2, -0.15) is 0 Å². The van der Waals surface area contributed by atoms with Crippen molar-refractivity contribution in [2.24, 2.45) is 5.92 Å². The summed E-state index contributed by atoms with van der Waals surface area (Å²) < 4.78 is 12.0. The molecule has 20 heavy (non-hydrogen) atoms. The van der Waals surface area contributed by atoms with Gasteiger partial charge in [0.2, 0.25) is 7.37 Å². The molecule has 5 nitrogen and oxygen atoms in total. The molecule has 0 aliphatic heterocycles. The summed E-state index contributed by atoms with van der Waals surface area (Å²) in [7, 11) is -3.46. The highest BCUT2D eigenvalue weighted by atomic mass is 31.2. The molecule has 6 heteroatoms. The summed E-state index contributed by atoms with van der Waals surface area (Å²) in [6.07, 6.45) is 7.74. The topological polar surface area (TPSA) is 94.8 Å². The van der Waals surface area contributed by atoms with Crippen molar-refractivity contribution in [1.29, 1.82) is 0 Å². The molecule has 0 heterocycles. The first-order valence-electron chi connectivity index (χ1n) is 7.30. The molecule has 116 valence electrons. The summed E-state index contributed by atoms with van der Waals surface area (Å²) in [5.41, 5.74) is 0.0757. The predicted molar refractivity (Wildman–Crippen MR) is 78.2 cm³/mol. The Kier molecular flexibility index (Phi) is 7.49. The van der Waals surface area contributed by atoms with Crippen LogP contribution < -0.4 is 0 Å². The third kappa shape index (κ3) is 6.69. The lowest BCUT2D eigenvalue weighted by Gasteiger charge is -2.19. The maximum absolute atomic E-state index is 12.0. The molecule has 0 bridgehead atoms. The minimum atomic E-state index is -3.46. The second kappa shape index (κ2) is 8.60. The highest BCUT2D eigenvalue weighted by Crippen LogP contribution is 2.43. The molecule has 1 aliphatic rings. The zero-order chi connectivity index (χ0) is 15.0. The van der Waals surface area contributed by atoms with Crippen LogP contribution in [0.1, 0.15) is 44.9 Å². The number of unbranched alkanes of at least 4 members (excludes halogenated alkanes) is 1. The molecule has 1 atom stereocenters. The summed E-state index contributed by atoms with van der Waals surface area (Å²) in [5.74, 6) is -0.862. The van der Waals surface area contributed by atoms with E-state index >= 15 is 0 Å². The molecule has 1 fully saturated rings. The molecule has 0 aromatic heterocycles. The van der Waals surface area contributed by atoms with Gasteiger partial charge in [-0.1, -0.05) is 25.3 Å². The standard InChI is InChI=1S/C14H25O5P/c15-8-4-5-9-20(18,19)11-13(14(16)17)10-12-6-2-1-3-7-12/h10,12,15H,1-9,11H2,(H,16,17)(H,18,19)/b13-10+. The summed E-state index contributed by atoms with van der Waals surface area (Å²) >= 11 is 0. The maximum atomic E-state index is 12.0. The molecular weight excluding hydrogens is 279 g/mol. The van der Waals surface area contributed by atoms with Crippen LogP contribution in [0.4, 0.5) is 0 Å². The third-order valence-corrected chi connectivity index (χ3v) is 5.54. The number of rotatable bonds is 8. The van der Waals surface area contributed by atoms with Crippen LogP contribution in [0.25, 0.3) is 0 Å². The van der Waals surface area contributed by atoms with E-state index in [1.54, 1.807) is 6.08 Å². The van der Waals surface area contributed by atoms with Crippen molar-refractivity contribution in [1.82, 2.24) is 0 Å². The Hall–Kier alpha value is -0.640. The zero-order valence-corrected chi connectivity index (χ0v) is 12.7. The summed E-state index contributed by atoms with van der Waals surface area (Å²) in [5, 5.41) is 17.9. The van der Waals surface area contributed by atoms with Gasteiger partial charge in [0.25, 0.3) is 0 Å². The number of carboxylic acids is 1. The van der Waals surface area contributed by atoms with Crippen LogP contribution in [0.3, 0.4) is 0 Å². The average molecular weight is 304 g/mol. The number of carboxylic acid groups (broad SMARTS) is 1. The first kappa shape index (κ1) is 17.4. The Labute approximate surface area is 120 Å². The van der Waals surface area contributed by atoms with Gasteiger partial charge >= 0.3 is 5.97 Å². The first-order valence-corrected chi connectivity index (χ1v) is 9.33. The molecule has 1 aliphatic carbocycles.